The van der Waals surface area contributed by atoms with E-state index in [0.717, 1.165) is 20.1 Å². The molecule has 0 spiro atoms. The molecule has 0 aliphatic rings. The molecule has 0 unspecified atom stereocenters. The van der Waals surface area contributed by atoms with E-state index in [2.05, 4.69) is 52.8 Å². The van der Waals surface area contributed by atoms with Crippen LogP contribution in [0.25, 0.3) is 0 Å². The van der Waals surface area contributed by atoms with E-state index in [0.29, 0.717) is 36.1 Å². The van der Waals surface area contributed by atoms with Gasteiger partial charge in [0.1, 0.15) is 22.9 Å². The lowest BCUT2D eigenvalue weighted by Gasteiger charge is -2.09. The van der Waals surface area contributed by atoms with Crippen LogP contribution in [0.1, 0.15) is 11.1 Å². The van der Waals surface area contributed by atoms with Crippen LogP contribution in [0.5, 0.6) is 11.5 Å². The smallest absolute Gasteiger partial charge is 0.269 e. The lowest BCUT2D eigenvalue weighted by Crippen LogP contribution is -2.34. The van der Waals surface area contributed by atoms with Gasteiger partial charge in [-0.1, -0.05) is 44.0 Å². The van der Waals surface area contributed by atoms with Gasteiger partial charge in [0.05, 0.1) is 23.2 Å². The van der Waals surface area contributed by atoms with Crippen molar-refractivity contribution < 1.29 is 29.5 Å². The minimum atomic E-state index is -0.447. The second kappa shape index (κ2) is 17.2. The van der Waals surface area contributed by atoms with Gasteiger partial charge in [0.2, 0.25) is 0 Å². The largest absolute Gasteiger partial charge is 0.496 e. The standard InChI is InChI=1S/C24H28Br2N4O6S2/c1-35-21-5-3-15(11-17(21)25)13-19(29-33)23(31)27-7-9-37-38-10-8-28-24(32)20(30-34)14-16-4-6-22(36-2)18(26)12-16/h3-6,11-12,33-34H,7-10,13-14H2,1-2H3,(H,27,31)(H,28,32)/b29-19+,30-20+. The molecular weight excluding hydrogens is 664 g/mol. The molecule has 0 aliphatic carbocycles. The van der Waals surface area contributed by atoms with Crippen LogP contribution in [0.3, 0.4) is 0 Å². The number of methoxy groups -OCH3 is 2. The van der Waals surface area contributed by atoms with Crippen molar-refractivity contribution in [3.63, 3.8) is 0 Å². The normalized spacial score (nSPS) is 11.7. The molecule has 14 heteroatoms. The van der Waals surface area contributed by atoms with Gasteiger partial charge in [-0.3, -0.25) is 9.59 Å². The third-order valence-corrected chi connectivity index (χ3v) is 8.61. The van der Waals surface area contributed by atoms with Gasteiger partial charge in [0.25, 0.3) is 11.8 Å². The summed E-state index contributed by atoms with van der Waals surface area (Å²) in [4.78, 5) is 24.7. The van der Waals surface area contributed by atoms with Gasteiger partial charge < -0.3 is 30.5 Å². The van der Waals surface area contributed by atoms with Gasteiger partial charge in [-0.25, -0.2) is 0 Å². The van der Waals surface area contributed by atoms with Crippen LogP contribution in [0.4, 0.5) is 0 Å². The summed E-state index contributed by atoms with van der Waals surface area (Å²) in [7, 11) is 6.18. The molecule has 10 nitrogen and oxygen atoms in total. The van der Waals surface area contributed by atoms with Crippen molar-refractivity contribution in [2.45, 2.75) is 12.8 Å². The highest BCUT2D eigenvalue weighted by atomic mass is 79.9. The molecule has 0 saturated carbocycles. The fraction of sp³-hybridized carbons (Fsp3) is 0.333. The Morgan fingerprint density at radius 3 is 1.50 bits per heavy atom. The quantitative estimate of drug-likeness (QED) is 0.0713. The highest BCUT2D eigenvalue weighted by Crippen LogP contribution is 2.27. The van der Waals surface area contributed by atoms with Gasteiger partial charge in [-0.05, 0) is 67.3 Å². The van der Waals surface area contributed by atoms with Crippen molar-refractivity contribution in [2.75, 3.05) is 38.8 Å². The van der Waals surface area contributed by atoms with Crippen LogP contribution < -0.4 is 20.1 Å². The van der Waals surface area contributed by atoms with Crippen molar-refractivity contribution in [1.82, 2.24) is 10.6 Å². The molecule has 0 bridgehead atoms. The second-order valence-electron chi connectivity index (χ2n) is 7.54. The van der Waals surface area contributed by atoms with E-state index in [-0.39, 0.29) is 24.3 Å². The first kappa shape index (κ1) is 31.8. The number of rotatable bonds is 15. The molecule has 0 heterocycles. The summed E-state index contributed by atoms with van der Waals surface area (Å²) in [5.74, 6) is 1.67. The molecule has 2 aromatic carbocycles. The van der Waals surface area contributed by atoms with Gasteiger partial charge in [-0.2, -0.15) is 0 Å². The third kappa shape index (κ3) is 10.4. The van der Waals surface area contributed by atoms with Gasteiger partial charge in [0.15, 0.2) is 0 Å². The average Bonchev–Trinajstić information content (AvgIpc) is 2.91. The Morgan fingerprint density at radius 1 is 0.789 bits per heavy atom. The van der Waals surface area contributed by atoms with Gasteiger partial charge in [0, 0.05) is 37.4 Å². The summed E-state index contributed by atoms with van der Waals surface area (Å²) in [5.41, 5.74) is 1.59. The fourth-order valence-corrected chi connectivity index (χ4v) is 6.07. The third-order valence-electron chi connectivity index (χ3n) is 4.97. The molecule has 38 heavy (non-hydrogen) atoms. The number of ether oxygens (including phenoxy) is 2. The van der Waals surface area contributed by atoms with E-state index < -0.39 is 11.8 Å². The topological polar surface area (TPSA) is 142 Å². The molecule has 2 amide bonds. The number of oxime groups is 2. The Hall–Kier alpha value is -2.42. The summed E-state index contributed by atoms with van der Waals surface area (Å²) in [6, 6.07) is 10.7. The van der Waals surface area contributed by atoms with E-state index in [9.17, 15) is 20.0 Å². The van der Waals surface area contributed by atoms with Crippen LogP contribution in [-0.4, -0.2) is 72.5 Å². The van der Waals surface area contributed by atoms with E-state index >= 15 is 0 Å². The van der Waals surface area contributed by atoms with Crippen LogP contribution in [0.2, 0.25) is 0 Å². The Kier molecular flexibility index (Phi) is 14.4. The van der Waals surface area contributed by atoms with Crippen molar-refractivity contribution in [3.8, 4) is 11.5 Å². The lowest BCUT2D eigenvalue weighted by molar-refractivity contribution is -0.115. The molecule has 0 saturated heterocycles. The van der Waals surface area contributed by atoms with E-state index in [4.69, 9.17) is 9.47 Å². The fourth-order valence-electron chi connectivity index (χ4n) is 3.08. The van der Waals surface area contributed by atoms with Crippen LogP contribution in [-0.2, 0) is 22.4 Å². The Bertz CT molecular complexity index is 1080. The van der Waals surface area contributed by atoms with Crippen molar-refractivity contribution in [2.24, 2.45) is 10.3 Å². The SMILES string of the molecule is COc1ccc(C/C(=N\O)C(=O)NCCSSCCNC(=O)/C(Cc2ccc(OC)c(Br)c2)=N/O)cc1Br. The molecule has 206 valence electrons. The van der Waals surface area contributed by atoms with Crippen molar-refractivity contribution in [1.29, 1.82) is 0 Å². The number of halogens is 2. The molecule has 0 aromatic heterocycles. The number of carbonyl (C=O) groups excluding carboxylic acids is 2. The second-order valence-corrected chi connectivity index (χ2v) is 12.0. The van der Waals surface area contributed by atoms with Crippen LogP contribution in [0, 0.1) is 0 Å². The van der Waals surface area contributed by atoms with Crippen LogP contribution >= 0.6 is 53.4 Å². The molecule has 0 fully saturated rings. The van der Waals surface area contributed by atoms with E-state index in [1.807, 2.05) is 0 Å². The summed E-state index contributed by atoms with van der Waals surface area (Å²) in [6.07, 6.45) is 0.336. The number of hydrogen-bond donors (Lipinski definition) is 4. The zero-order valence-corrected chi connectivity index (χ0v) is 25.5. The predicted molar refractivity (Wildman–Crippen MR) is 158 cm³/mol. The lowest BCUT2D eigenvalue weighted by atomic mass is 10.1. The summed E-state index contributed by atoms with van der Waals surface area (Å²) in [6.45, 7) is 0.764. The number of hydrogen-bond acceptors (Lipinski definition) is 10. The monoisotopic (exact) mass is 690 g/mol. The molecular formula is C24H28Br2N4O6S2. The molecule has 0 atom stereocenters. The molecule has 2 rings (SSSR count). The molecule has 2 aromatic rings. The number of benzene rings is 2. The first-order chi connectivity index (χ1) is 18.3. The minimum Gasteiger partial charge on any atom is -0.496 e. The van der Waals surface area contributed by atoms with Crippen molar-refractivity contribution >= 4 is 76.7 Å². The minimum absolute atomic E-state index is 0.00535. The first-order valence-electron chi connectivity index (χ1n) is 11.2. The van der Waals surface area contributed by atoms with Crippen molar-refractivity contribution in [3.05, 3.63) is 56.5 Å². The predicted octanol–water partition coefficient (Wildman–Crippen LogP) is 4.29. The van der Waals surface area contributed by atoms with E-state index in [1.54, 1.807) is 50.6 Å². The maximum Gasteiger partial charge on any atom is 0.269 e. The highest BCUT2D eigenvalue weighted by molar-refractivity contribution is 9.11. The highest BCUT2D eigenvalue weighted by Gasteiger charge is 2.15. The zero-order chi connectivity index (χ0) is 27.9. The average molecular weight is 692 g/mol. The number of carbonyl (C=O) groups is 2. The molecule has 0 radical (unpaired) electrons. The Labute approximate surface area is 245 Å². The van der Waals surface area contributed by atoms with Gasteiger partial charge in [-0.15, -0.1) is 0 Å². The zero-order valence-electron chi connectivity index (χ0n) is 20.7. The van der Waals surface area contributed by atoms with Crippen LogP contribution in [0.15, 0.2) is 55.7 Å². The van der Waals surface area contributed by atoms with Gasteiger partial charge >= 0.3 is 0 Å². The summed E-state index contributed by atoms with van der Waals surface area (Å²) < 4.78 is 11.9. The maximum absolute atomic E-state index is 12.3. The Morgan fingerprint density at radius 2 is 1.18 bits per heavy atom. The summed E-state index contributed by atoms with van der Waals surface area (Å²) in [5, 5.41) is 30.3. The van der Waals surface area contributed by atoms with E-state index in [1.165, 1.54) is 21.6 Å². The molecule has 0 aliphatic heterocycles. The number of amides is 2. The Balaban J connectivity index is 1.63. The maximum atomic E-state index is 12.3. The number of nitrogens with one attached hydrogen (secondary N) is 2. The molecule has 4 N–H and O–H groups in total. The first-order valence-corrected chi connectivity index (χ1v) is 15.3. The number of nitrogens with zero attached hydrogens (tertiary/aromatic N) is 2. The summed E-state index contributed by atoms with van der Waals surface area (Å²) >= 11 is 6.79.